The van der Waals surface area contributed by atoms with Crippen LogP contribution in [0, 0.1) is 5.82 Å². The first-order valence-electron chi connectivity index (χ1n) is 5.16. The lowest BCUT2D eigenvalue weighted by Crippen LogP contribution is -2.02. The number of aryl methyl sites for hydroxylation is 1. The van der Waals surface area contributed by atoms with Gasteiger partial charge in [0.25, 0.3) is 0 Å². The number of nitrogens with zero attached hydrogens (tertiary/aromatic N) is 3. The SMILES string of the molecule is CCCn1nncc1-c1ccc(N)cc1F. The van der Waals surface area contributed by atoms with Gasteiger partial charge in [-0.05, 0) is 24.6 Å². The van der Waals surface area contributed by atoms with Crippen molar-refractivity contribution in [3.63, 3.8) is 0 Å². The van der Waals surface area contributed by atoms with Crippen LogP contribution in [0.3, 0.4) is 0 Å². The zero-order chi connectivity index (χ0) is 11.5. The molecule has 1 aromatic heterocycles. The smallest absolute Gasteiger partial charge is 0.134 e. The van der Waals surface area contributed by atoms with E-state index in [4.69, 9.17) is 5.73 Å². The average molecular weight is 220 g/mol. The summed E-state index contributed by atoms with van der Waals surface area (Å²) in [5.41, 5.74) is 7.07. The Morgan fingerprint density at radius 1 is 1.44 bits per heavy atom. The van der Waals surface area contributed by atoms with Gasteiger partial charge in [-0.15, -0.1) is 5.10 Å². The van der Waals surface area contributed by atoms with E-state index in [1.54, 1.807) is 23.0 Å². The minimum atomic E-state index is -0.348. The predicted octanol–water partition coefficient (Wildman–Crippen LogP) is 2.08. The van der Waals surface area contributed by atoms with Gasteiger partial charge in [0.2, 0.25) is 0 Å². The van der Waals surface area contributed by atoms with Crippen LogP contribution in [-0.4, -0.2) is 15.0 Å². The molecule has 0 saturated heterocycles. The Balaban J connectivity index is 2.46. The number of hydrogen-bond acceptors (Lipinski definition) is 3. The molecule has 0 aliphatic rings. The molecule has 5 heteroatoms. The van der Waals surface area contributed by atoms with Crippen LogP contribution in [0.4, 0.5) is 10.1 Å². The van der Waals surface area contributed by atoms with Gasteiger partial charge in [-0.3, -0.25) is 0 Å². The predicted molar refractivity (Wildman–Crippen MR) is 60.1 cm³/mol. The Labute approximate surface area is 92.9 Å². The van der Waals surface area contributed by atoms with Crippen molar-refractivity contribution < 1.29 is 4.39 Å². The van der Waals surface area contributed by atoms with E-state index in [0.29, 0.717) is 16.9 Å². The zero-order valence-electron chi connectivity index (χ0n) is 9.02. The van der Waals surface area contributed by atoms with Crippen LogP contribution < -0.4 is 5.73 Å². The van der Waals surface area contributed by atoms with Crippen LogP contribution in [0.25, 0.3) is 11.3 Å². The summed E-state index contributed by atoms with van der Waals surface area (Å²) in [6.07, 6.45) is 2.48. The van der Waals surface area contributed by atoms with Crippen molar-refractivity contribution in [2.75, 3.05) is 5.73 Å². The standard InChI is InChI=1S/C11H13FN4/c1-2-5-16-11(7-14-15-16)9-4-3-8(13)6-10(9)12/h3-4,6-7H,2,5,13H2,1H3. The van der Waals surface area contributed by atoms with Crippen molar-refractivity contribution in [2.24, 2.45) is 0 Å². The molecule has 0 unspecified atom stereocenters. The molecule has 0 fully saturated rings. The zero-order valence-corrected chi connectivity index (χ0v) is 9.02. The number of rotatable bonds is 3. The first kappa shape index (κ1) is 10.6. The molecule has 2 N–H and O–H groups in total. The largest absolute Gasteiger partial charge is 0.399 e. The molecule has 0 aliphatic heterocycles. The Kier molecular flexibility index (Phi) is 2.85. The van der Waals surface area contributed by atoms with E-state index in [1.165, 1.54) is 6.07 Å². The van der Waals surface area contributed by atoms with E-state index < -0.39 is 0 Å². The summed E-state index contributed by atoms with van der Waals surface area (Å²) in [7, 11) is 0. The van der Waals surface area contributed by atoms with Gasteiger partial charge >= 0.3 is 0 Å². The highest BCUT2D eigenvalue weighted by molar-refractivity contribution is 5.62. The number of nitrogen functional groups attached to an aromatic ring is 1. The maximum Gasteiger partial charge on any atom is 0.134 e. The van der Waals surface area contributed by atoms with Gasteiger partial charge in [0.15, 0.2) is 0 Å². The summed E-state index contributed by atoms with van der Waals surface area (Å²) in [5.74, 6) is -0.348. The van der Waals surface area contributed by atoms with E-state index in [0.717, 1.165) is 13.0 Å². The highest BCUT2D eigenvalue weighted by Gasteiger charge is 2.10. The Bertz CT molecular complexity index is 492. The molecule has 0 bridgehead atoms. The third kappa shape index (κ3) is 1.88. The van der Waals surface area contributed by atoms with Gasteiger partial charge in [0.05, 0.1) is 11.9 Å². The third-order valence-corrected chi connectivity index (χ3v) is 2.32. The molecule has 0 amide bonds. The van der Waals surface area contributed by atoms with Crippen LogP contribution in [0.15, 0.2) is 24.4 Å². The van der Waals surface area contributed by atoms with Gasteiger partial charge in [0, 0.05) is 17.8 Å². The summed E-state index contributed by atoms with van der Waals surface area (Å²) >= 11 is 0. The lowest BCUT2D eigenvalue weighted by Gasteiger charge is -2.06. The maximum atomic E-state index is 13.7. The van der Waals surface area contributed by atoms with Crippen LogP contribution in [0.2, 0.25) is 0 Å². The summed E-state index contributed by atoms with van der Waals surface area (Å²) in [5, 5.41) is 7.71. The normalized spacial score (nSPS) is 10.6. The third-order valence-electron chi connectivity index (χ3n) is 2.32. The highest BCUT2D eigenvalue weighted by atomic mass is 19.1. The maximum absolute atomic E-state index is 13.7. The first-order chi connectivity index (χ1) is 7.72. The summed E-state index contributed by atoms with van der Waals surface area (Å²) in [6.45, 7) is 2.75. The Morgan fingerprint density at radius 3 is 2.94 bits per heavy atom. The number of aromatic nitrogens is 3. The van der Waals surface area contributed by atoms with Crippen molar-refractivity contribution in [3.05, 3.63) is 30.2 Å². The van der Waals surface area contributed by atoms with Gasteiger partial charge in [-0.1, -0.05) is 12.1 Å². The Morgan fingerprint density at radius 2 is 2.25 bits per heavy atom. The number of benzene rings is 1. The lowest BCUT2D eigenvalue weighted by molar-refractivity contribution is 0.578. The van der Waals surface area contributed by atoms with Gasteiger partial charge in [-0.2, -0.15) is 0 Å². The van der Waals surface area contributed by atoms with Crippen molar-refractivity contribution in [2.45, 2.75) is 19.9 Å². The molecule has 1 aromatic carbocycles. The molecule has 2 aromatic rings. The first-order valence-corrected chi connectivity index (χ1v) is 5.16. The second-order valence-electron chi connectivity index (χ2n) is 3.58. The molecule has 0 aliphatic carbocycles. The van der Waals surface area contributed by atoms with E-state index in [1.807, 2.05) is 6.92 Å². The van der Waals surface area contributed by atoms with Crippen molar-refractivity contribution in [1.29, 1.82) is 0 Å². The van der Waals surface area contributed by atoms with Crippen LogP contribution in [0.1, 0.15) is 13.3 Å². The number of hydrogen-bond donors (Lipinski definition) is 1. The average Bonchev–Trinajstić information content (AvgIpc) is 2.67. The molecule has 16 heavy (non-hydrogen) atoms. The fraction of sp³-hybridized carbons (Fsp3) is 0.273. The van der Waals surface area contributed by atoms with Gasteiger partial charge in [-0.25, -0.2) is 9.07 Å². The molecule has 84 valence electrons. The molecular weight excluding hydrogens is 207 g/mol. The second kappa shape index (κ2) is 4.30. The minimum Gasteiger partial charge on any atom is -0.399 e. The molecule has 0 atom stereocenters. The van der Waals surface area contributed by atoms with E-state index in [2.05, 4.69) is 10.3 Å². The summed E-state index contributed by atoms with van der Waals surface area (Å²) < 4.78 is 15.4. The van der Waals surface area contributed by atoms with Crippen LogP contribution in [-0.2, 0) is 6.54 Å². The monoisotopic (exact) mass is 220 g/mol. The molecular formula is C11H13FN4. The van der Waals surface area contributed by atoms with Gasteiger partial charge < -0.3 is 5.73 Å². The fourth-order valence-corrected chi connectivity index (χ4v) is 1.58. The van der Waals surface area contributed by atoms with Crippen molar-refractivity contribution in [1.82, 2.24) is 15.0 Å². The lowest BCUT2D eigenvalue weighted by atomic mass is 10.1. The summed E-state index contributed by atoms with van der Waals surface area (Å²) in [6, 6.07) is 4.62. The van der Waals surface area contributed by atoms with Crippen LogP contribution >= 0.6 is 0 Å². The quantitative estimate of drug-likeness (QED) is 0.805. The Hall–Kier alpha value is -1.91. The molecule has 0 spiro atoms. The molecule has 0 radical (unpaired) electrons. The summed E-state index contributed by atoms with van der Waals surface area (Å²) in [4.78, 5) is 0. The van der Waals surface area contributed by atoms with E-state index in [-0.39, 0.29) is 5.82 Å². The minimum absolute atomic E-state index is 0.348. The van der Waals surface area contributed by atoms with E-state index >= 15 is 0 Å². The number of nitrogens with two attached hydrogens (primary N) is 1. The topological polar surface area (TPSA) is 56.7 Å². The number of halogens is 1. The van der Waals surface area contributed by atoms with E-state index in [9.17, 15) is 4.39 Å². The van der Waals surface area contributed by atoms with Crippen LogP contribution in [0.5, 0.6) is 0 Å². The molecule has 1 heterocycles. The fourth-order valence-electron chi connectivity index (χ4n) is 1.58. The number of anilines is 1. The molecule has 2 rings (SSSR count). The van der Waals surface area contributed by atoms with Gasteiger partial charge in [0.1, 0.15) is 5.82 Å². The van der Waals surface area contributed by atoms with Crippen molar-refractivity contribution >= 4 is 5.69 Å². The van der Waals surface area contributed by atoms with Crippen molar-refractivity contribution in [3.8, 4) is 11.3 Å². The molecule has 4 nitrogen and oxygen atoms in total. The second-order valence-corrected chi connectivity index (χ2v) is 3.58. The molecule has 0 saturated carbocycles. The highest BCUT2D eigenvalue weighted by Crippen LogP contribution is 2.23.